The third-order valence-corrected chi connectivity index (χ3v) is 5.86. The number of hydrogen-bond acceptors (Lipinski definition) is 6. The number of urea groups is 1. The van der Waals surface area contributed by atoms with Crippen molar-refractivity contribution in [1.29, 1.82) is 5.26 Å². The van der Waals surface area contributed by atoms with Crippen molar-refractivity contribution < 1.29 is 32.1 Å². The Morgan fingerprint density at radius 1 is 1.22 bits per heavy atom. The Kier molecular flexibility index (Phi) is 7.59. The molecule has 1 aliphatic heterocycles. The Labute approximate surface area is 211 Å². The number of methoxy groups -OCH3 is 1. The number of amides is 2. The number of esters is 1. The van der Waals surface area contributed by atoms with Crippen LogP contribution in [-0.4, -0.2) is 53.5 Å². The summed E-state index contributed by atoms with van der Waals surface area (Å²) >= 11 is 0. The second-order valence-electron chi connectivity index (χ2n) is 8.61. The first-order valence-electron chi connectivity index (χ1n) is 11.0. The van der Waals surface area contributed by atoms with E-state index in [1.165, 1.54) is 25.1 Å². The number of alkyl halides is 3. The van der Waals surface area contributed by atoms with Crippen molar-refractivity contribution >= 4 is 23.6 Å². The highest BCUT2D eigenvalue weighted by atomic mass is 19.4. The lowest BCUT2D eigenvalue weighted by molar-refractivity contribution is -0.396. The van der Waals surface area contributed by atoms with Crippen LogP contribution >= 0.6 is 0 Å². The molecule has 0 aliphatic carbocycles. The molecule has 1 heterocycles. The van der Waals surface area contributed by atoms with Gasteiger partial charge in [0.05, 0.1) is 30.0 Å². The molecule has 37 heavy (non-hydrogen) atoms. The van der Waals surface area contributed by atoms with Crippen molar-refractivity contribution in [1.82, 2.24) is 9.80 Å². The second kappa shape index (κ2) is 10.3. The van der Waals surface area contributed by atoms with Gasteiger partial charge < -0.3 is 15.4 Å². The zero-order chi connectivity index (χ0) is 27.7. The number of rotatable bonds is 5. The van der Waals surface area contributed by atoms with Gasteiger partial charge in [0, 0.05) is 6.54 Å². The van der Waals surface area contributed by atoms with E-state index in [9.17, 15) is 28.0 Å². The Balaban J connectivity index is 2.38. The van der Waals surface area contributed by atoms with Crippen molar-refractivity contribution in [2.24, 2.45) is 11.5 Å². The molecule has 0 bridgehead atoms. The van der Waals surface area contributed by atoms with E-state index < -0.39 is 29.8 Å². The molecule has 2 amide bonds. The number of hydrogen-bond donors (Lipinski definition) is 2. The molecule has 0 fully saturated rings. The van der Waals surface area contributed by atoms with Crippen molar-refractivity contribution in [3.8, 4) is 6.07 Å². The standard InChI is InChI=1S/C25H25F3N6O3/c1-14-20(22(35)37-4)21(19-9-8-15(12-29)10-16(19)13-32(2)3)34(24(31)36)23(30)33(14)18-7-5-6-17(11-18)25(26,27)28/h5-11,21,30H,13H2,1-4H3,(H2,31,36)/p+1. The SMILES string of the molecule is COC(=O)C1=C(C)[N+](c2cccc(C(F)(F)F)c2)=C(N)N(C(N)=O)C1c1ccc(C#N)cc1CN(C)C. The summed E-state index contributed by atoms with van der Waals surface area (Å²) in [5, 5.41) is 9.40. The molecule has 2 aromatic carbocycles. The zero-order valence-electron chi connectivity index (χ0n) is 20.6. The normalized spacial score (nSPS) is 16.2. The molecule has 0 aromatic heterocycles. The van der Waals surface area contributed by atoms with Gasteiger partial charge in [-0.1, -0.05) is 12.1 Å². The van der Waals surface area contributed by atoms with E-state index >= 15 is 0 Å². The Morgan fingerprint density at radius 2 is 1.89 bits per heavy atom. The number of benzene rings is 2. The van der Waals surface area contributed by atoms with Crippen molar-refractivity contribution in [2.45, 2.75) is 25.7 Å². The van der Waals surface area contributed by atoms with Gasteiger partial charge in [-0.2, -0.15) is 23.3 Å². The molecule has 1 unspecified atom stereocenters. The summed E-state index contributed by atoms with van der Waals surface area (Å²) in [5.41, 5.74) is 12.6. The van der Waals surface area contributed by atoms with Crippen LogP contribution in [0.1, 0.15) is 35.2 Å². The summed E-state index contributed by atoms with van der Waals surface area (Å²) in [4.78, 5) is 28.6. The van der Waals surface area contributed by atoms with Gasteiger partial charge in [-0.3, -0.25) is 5.73 Å². The number of nitriles is 1. The lowest BCUT2D eigenvalue weighted by Crippen LogP contribution is -2.54. The fourth-order valence-corrected chi connectivity index (χ4v) is 4.33. The molecular weight excluding hydrogens is 489 g/mol. The van der Waals surface area contributed by atoms with Gasteiger partial charge in [0.2, 0.25) is 0 Å². The summed E-state index contributed by atoms with van der Waals surface area (Å²) in [6.07, 6.45) is -4.64. The summed E-state index contributed by atoms with van der Waals surface area (Å²) in [7, 11) is 4.74. The molecule has 0 spiro atoms. The molecule has 194 valence electrons. The van der Waals surface area contributed by atoms with Crippen LogP contribution < -0.4 is 11.5 Å². The lowest BCUT2D eigenvalue weighted by Gasteiger charge is -2.33. The highest BCUT2D eigenvalue weighted by Crippen LogP contribution is 2.40. The number of nitrogens with zero attached hydrogens (tertiary/aromatic N) is 4. The third kappa shape index (κ3) is 5.26. The minimum Gasteiger partial charge on any atom is -0.465 e. The molecule has 1 atom stereocenters. The molecule has 1 aliphatic rings. The molecule has 0 radical (unpaired) electrons. The minimum atomic E-state index is -4.64. The summed E-state index contributed by atoms with van der Waals surface area (Å²) in [6.45, 7) is 1.82. The molecule has 3 rings (SSSR count). The maximum Gasteiger partial charge on any atom is 0.416 e. The number of halogens is 3. The Morgan fingerprint density at radius 3 is 2.43 bits per heavy atom. The highest BCUT2D eigenvalue weighted by Gasteiger charge is 2.47. The van der Waals surface area contributed by atoms with Gasteiger partial charge in [-0.25, -0.2) is 14.2 Å². The quantitative estimate of drug-likeness (QED) is 0.465. The molecular formula is C25H26F3N6O3+. The summed E-state index contributed by atoms with van der Waals surface area (Å²) in [6, 6.07) is 8.85. The summed E-state index contributed by atoms with van der Waals surface area (Å²) < 4.78 is 46.5. The number of nitrogens with two attached hydrogens (primary N) is 2. The van der Waals surface area contributed by atoms with Crippen LogP contribution in [0.15, 0.2) is 53.7 Å². The fraction of sp³-hybridized carbons (Fsp3) is 0.280. The van der Waals surface area contributed by atoms with E-state index in [0.717, 1.165) is 28.7 Å². The van der Waals surface area contributed by atoms with Crippen molar-refractivity contribution in [2.75, 3.05) is 21.2 Å². The maximum absolute atomic E-state index is 13.4. The van der Waals surface area contributed by atoms with E-state index in [0.29, 0.717) is 23.2 Å². The predicted octanol–water partition coefficient (Wildman–Crippen LogP) is 3.18. The van der Waals surface area contributed by atoms with E-state index in [1.54, 1.807) is 26.2 Å². The van der Waals surface area contributed by atoms with Crippen LogP contribution in [0.2, 0.25) is 0 Å². The average Bonchev–Trinajstić information content (AvgIpc) is 2.82. The minimum absolute atomic E-state index is 0.0377. The molecule has 9 nitrogen and oxygen atoms in total. The lowest BCUT2D eigenvalue weighted by atomic mass is 9.89. The van der Waals surface area contributed by atoms with Crippen LogP contribution in [0.3, 0.4) is 0 Å². The second-order valence-corrected chi connectivity index (χ2v) is 8.61. The van der Waals surface area contributed by atoms with E-state index in [-0.39, 0.29) is 22.9 Å². The molecule has 4 N–H and O–H groups in total. The number of ether oxygens (including phenoxy) is 1. The van der Waals surface area contributed by atoms with Crippen LogP contribution in [0.5, 0.6) is 0 Å². The molecule has 0 saturated heterocycles. The number of carbonyl (C=O) groups is 2. The van der Waals surface area contributed by atoms with E-state index in [2.05, 4.69) is 6.07 Å². The predicted molar refractivity (Wildman–Crippen MR) is 128 cm³/mol. The molecule has 12 heteroatoms. The van der Waals surface area contributed by atoms with Crippen LogP contribution in [0.25, 0.3) is 0 Å². The van der Waals surface area contributed by atoms with E-state index in [4.69, 9.17) is 16.2 Å². The topological polar surface area (TPSA) is 129 Å². The first-order chi connectivity index (χ1) is 17.3. The number of carbonyl (C=O) groups excluding carboxylic acids is 2. The van der Waals surface area contributed by atoms with Gasteiger partial charge in [0.15, 0.2) is 0 Å². The van der Waals surface area contributed by atoms with E-state index in [1.807, 2.05) is 4.90 Å². The average molecular weight is 516 g/mol. The molecule has 0 saturated carbocycles. The van der Waals surface area contributed by atoms with Gasteiger partial charge in [-0.15, -0.1) is 0 Å². The number of primary amides is 1. The van der Waals surface area contributed by atoms with Gasteiger partial charge in [0.25, 0.3) is 0 Å². The third-order valence-electron chi connectivity index (χ3n) is 5.86. The monoisotopic (exact) mass is 515 g/mol. The first-order valence-corrected chi connectivity index (χ1v) is 11.0. The zero-order valence-corrected chi connectivity index (χ0v) is 20.6. The van der Waals surface area contributed by atoms with Crippen LogP contribution in [0, 0.1) is 11.3 Å². The van der Waals surface area contributed by atoms with Crippen molar-refractivity contribution in [3.63, 3.8) is 0 Å². The Hall–Kier alpha value is -4.37. The fourth-order valence-electron chi connectivity index (χ4n) is 4.33. The van der Waals surface area contributed by atoms with Crippen LogP contribution in [-0.2, 0) is 22.3 Å². The largest absolute Gasteiger partial charge is 0.465 e. The summed E-state index contributed by atoms with van der Waals surface area (Å²) in [5.74, 6) is -1.14. The van der Waals surface area contributed by atoms with Crippen LogP contribution in [0.4, 0.5) is 23.7 Å². The smallest absolute Gasteiger partial charge is 0.416 e. The Bertz CT molecular complexity index is 1360. The number of allylic oxidation sites excluding steroid dienone is 1. The van der Waals surface area contributed by atoms with Gasteiger partial charge in [0.1, 0.15) is 17.3 Å². The van der Waals surface area contributed by atoms with Crippen molar-refractivity contribution in [3.05, 3.63) is 76.0 Å². The molecule has 2 aromatic rings. The first kappa shape index (κ1) is 27.2. The van der Waals surface area contributed by atoms with Gasteiger partial charge >= 0.3 is 24.1 Å². The van der Waals surface area contributed by atoms with Gasteiger partial charge in [-0.05, 0) is 62.5 Å². The maximum atomic E-state index is 13.4. The highest BCUT2D eigenvalue weighted by molar-refractivity contribution is 5.99. The number of guanidine groups is 1.